The Morgan fingerprint density at radius 2 is 2.25 bits per heavy atom. The molecule has 4 N–H and O–H groups in total. The number of carbonyl (C=O) groups excluding carboxylic acids is 1. The van der Waals surface area contributed by atoms with Crippen LogP contribution in [-0.2, 0) is 0 Å². The Labute approximate surface area is 98.3 Å². The molecule has 1 aromatic heterocycles. The summed E-state index contributed by atoms with van der Waals surface area (Å²) >= 11 is 5.91. The second kappa shape index (κ2) is 3.92. The minimum Gasteiger partial charge on any atom is -0.345 e. The van der Waals surface area contributed by atoms with E-state index in [1.165, 1.54) is 0 Å². The van der Waals surface area contributed by atoms with Gasteiger partial charge in [0.25, 0.3) is 5.91 Å². The Balaban J connectivity index is 2.21. The first kappa shape index (κ1) is 11.2. The number of anilines is 1. The van der Waals surface area contributed by atoms with Crippen molar-refractivity contribution < 1.29 is 4.79 Å². The lowest BCUT2D eigenvalue weighted by molar-refractivity contribution is 0.0930. The number of nitrogens with one attached hydrogen (secondary N) is 2. The number of amides is 1. The molecule has 0 spiro atoms. The lowest BCUT2D eigenvalue weighted by Gasteiger charge is -2.12. The number of halogens is 1. The Morgan fingerprint density at radius 1 is 1.56 bits per heavy atom. The normalized spacial score (nSPS) is 16.7. The summed E-state index contributed by atoms with van der Waals surface area (Å²) in [7, 11) is 0. The van der Waals surface area contributed by atoms with Crippen molar-refractivity contribution in [1.29, 1.82) is 0 Å². The number of nitrogens with zero attached hydrogens (tertiary/aromatic N) is 1. The van der Waals surface area contributed by atoms with Gasteiger partial charge in [0, 0.05) is 5.54 Å². The standard InChI is InChI=1S/C10H13ClN4O/c1-10(4-5-10)14-9(16)8-6(11)2-3-7(13-8)15-12/h2-3H,4-5,12H2,1H3,(H,13,15)(H,14,16). The molecule has 1 amide bonds. The topological polar surface area (TPSA) is 80.0 Å². The van der Waals surface area contributed by atoms with Crippen LogP contribution in [0.5, 0.6) is 0 Å². The third kappa shape index (κ3) is 2.25. The Hall–Kier alpha value is -1.33. The summed E-state index contributed by atoms with van der Waals surface area (Å²) in [4.78, 5) is 15.9. The summed E-state index contributed by atoms with van der Waals surface area (Å²) in [5.74, 6) is 5.37. The van der Waals surface area contributed by atoms with Gasteiger partial charge in [0.15, 0.2) is 0 Å². The molecule has 1 aliphatic carbocycles. The smallest absolute Gasteiger partial charge is 0.271 e. The molecular weight excluding hydrogens is 228 g/mol. The summed E-state index contributed by atoms with van der Waals surface area (Å²) in [6.07, 6.45) is 1.98. The molecule has 1 heterocycles. The van der Waals surface area contributed by atoms with E-state index in [-0.39, 0.29) is 17.1 Å². The molecule has 0 atom stereocenters. The Kier molecular flexibility index (Phi) is 2.73. The van der Waals surface area contributed by atoms with Crippen molar-refractivity contribution in [2.75, 3.05) is 5.43 Å². The van der Waals surface area contributed by atoms with Crippen LogP contribution in [0, 0.1) is 0 Å². The third-order valence-corrected chi connectivity index (χ3v) is 2.93. The number of carbonyl (C=O) groups is 1. The van der Waals surface area contributed by atoms with Crippen molar-refractivity contribution in [1.82, 2.24) is 10.3 Å². The van der Waals surface area contributed by atoms with Gasteiger partial charge in [-0.05, 0) is 31.9 Å². The fraction of sp³-hybridized carbons (Fsp3) is 0.400. The Morgan fingerprint density at radius 3 is 2.81 bits per heavy atom. The molecule has 1 aromatic rings. The first-order chi connectivity index (χ1) is 7.54. The highest BCUT2D eigenvalue weighted by atomic mass is 35.5. The molecule has 86 valence electrons. The molecule has 0 bridgehead atoms. The third-order valence-electron chi connectivity index (χ3n) is 2.62. The number of rotatable bonds is 3. The predicted octanol–water partition coefficient (Wildman–Crippen LogP) is 1.30. The van der Waals surface area contributed by atoms with Crippen molar-refractivity contribution >= 4 is 23.3 Å². The highest BCUT2D eigenvalue weighted by molar-refractivity contribution is 6.33. The van der Waals surface area contributed by atoms with Crippen molar-refractivity contribution in [2.45, 2.75) is 25.3 Å². The number of hydrogen-bond acceptors (Lipinski definition) is 4. The maximum Gasteiger partial charge on any atom is 0.271 e. The lowest BCUT2D eigenvalue weighted by atomic mass is 10.2. The van der Waals surface area contributed by atoms with E-state index in [4.69, 9.17) is 17.4 Å². The van der Waals surface area contributed by atoms with Gasteiger partial charge in [-0.25, -0.2) is 10.8 Å². The van der Waals surface area contributed by atoms with Crippen LogP contribution in [0.25, 0.3) is 0 Å². The Bertz CT molecular complexity index is 431. The molecule has 0 radical (unpaired) electrons. The lowest BCUT2D eigenvalue weighted by Crippen LogP contribution is -2.35. The van der Waals surface area contributed by atoms with Gasteiger partial charge in [-0.2, -0.15) is 0 Å². The summed E-state index contributed by atoms with van der Waals surface area (Å²) in [5.41, 5.74) is 2.49. The number of hydrogen-bond donors (Lipinski definition) is 3. The summed E-state index contributed by atoms with van der Waals surface area (Å²) in [6, 6.07) is 3.20. The fourth-order valence-corrected chi connectivity index (χ4v) is 1.52. The molecular formula is C10H13ClN4O. The summed E-state index contributed by atoms with van der Waals surface area (Å²) in [5, 5.41) is 3.20. The van der Waals surface area contributed by atoms with E-state index in [9.17, 15) is 4.79 Å². The van der Waals surface area contributed by atoms with E-state index in [2.05, 4.69) is 15.7 Å². The molecule has 6 heteroatoms. The van der Waals surface area contributed by atoms with Crippen LogP contribution in [0.4, 0.5) is 5.82 Å². The zero-order valence-electron chi connectivity index (χ0n) is 8.88. The average Bonchev–Trinajstić information content (AvgIpc) is 2.96. The molecule has 1 saturated carbocycles. The van der Waals surface area contributed by atoms with Crippen LogP contribution in [0.1, 0.15) is 30.3 Å². The fourth-order valence-electron chi connectivity index (χ4n) is 1.33. The average molecular weight is 241 g/mol. The van der Waals surface area contributed by atoms with Crippen LogP contribution in [-0.4, -0.2) is 16.4 Å². The predicted molar refractivity (Wildman–Crippen MR) is 62.2 cm³/mol. The highest BCUT2D eigenvalue weighted by Crippen LogP contribution is 2.34. The largest absolute Gasteiger partial charge is 0.345 e. The first-order valence-corrected chi connectivity index (χ1v) is 5.37. The van der Waals surface area contributed by atoms with E-state index in [0.29, 0.717) is 10.8 Å². The molecule has 5 nitrogen and oxygen atoms in total. The van der Waals surface area contributed by atoms with Gasteiger partial charge in [0.2, 0.25) is 0 Å². The van der Waals surface area contributed by atoms with E-state index in [1.54, 1.807) is 12.1 Å². The maximum atomic E-state index is 11.9. The van der Waals surface area contributed by atoms with Crippen LogP contribution in [0.3, 0.4) is 0 Å². The van der Waals surface area contributed by atoms with Crippen molar-refractivity contribution in [2.24, 2.45) is 5.84 Å². The number of nitrogens with two attached hydrogens (primary N) is 1. The minimum absolute atomic E-state index is 0.0890. The number of hydrazine groups is 1. The molecule has 16 heavy (non-hydrogen) atoms. The van der Waals surface area contributed by atoms with Crippen LogP contribution < -0.4 is 16.6 Å². The second-order valence-corrected chi connectivity index (χ2v) is 4.59. The van der Waals surface area contributed by atoms with Crippen molar-refractivity contribution in [3.8, 4) is 0 Å². The molecule has 1 aliphatic rings. The molecule has 0 unspecified atom stereocenters. The van der Waals surface area contributed by atoms with Gasteiger partial charge in [-0.3, -0.25) is 4.79 Å². The van der Waals surface area contributed by atoms with Gasteiger partial charge >= 0.3 is 0 Å². The molecule has 0 saturated heterocycles. The first-order valence-electron chi connectivity index (χ1n) is 5.00. The summed E-state index contributed by atoms with van der Waals surface area (Å²) in [6.45, 7) is 1.99. The van der Waals surface area contributed by atoms with Gasteiger partial charge in [-0.15, -0.1) is 0 Å². The molecule has 0 aliphatic heterocycles. The summed E-state index contributed by atoms with van der Waals surface area (Å²) < 4.78 is 0. The number of aromatic nitrogens is 1. The van der Waals surface area contributed by atoms with Crippen LogP contribution in [0.15, 0.2) is 12.1 Å². The maximum absolute atomic E-state index is 11.9. The van der Waals surface area contributed by atoms with Gasteiger partial charge < -0.3 is 10.7 Å². The minimum atomic E-state index is -0.262. The van der Waals surface area contributed by atoms with Crippen molar-refractivity contribution in [3.05, 3.63) is 22.8 Å². The second-order valence-electron chi connectivity index (χ2n) is 4.19. The zero-order valence-corrected chi connectivity index (χ0v) is 9.64. The molecule has 1 fully saturated rings. The molecule has 0 aromatic carbocycles. The van der Waals surface area contributed by atoms with E-state index in [0.717, 1.165) is 12.8 Å². The van der Waals surface area contributed by atoms with E-state index < -0.39 is 0 Å². The van der Waals surface area contributed by atoms with Gasteiger partial charge in [0.1, 0.15) is 11.5 Å². The van der Waals surface area contributed by atoms with Crippen molar-refractivity contribution in [3.63, 3.8) is 0 Å². The molecule has 2 rings (SSSR count). The quantitative estimate of drug-likeness (QED) is 0.550. The highest BCUT2D eigenvalue weighted by Gasteiger charge is 2.39. The SMILES string of the molecule is CC1(NC(=O)c2nc(NN)ccc2Cl)CC1. The number of pyridine rings is 1. The number of nitrogen functional groups attached to an aromatic ring is 1. The monoisotopic (exact) mass is 240 g/mol. The van der Waals surface area contributed by atoms with Gasteiger partial charge in [-0.1, -0.05) is 11.6 Å². The zero-order chi connectivity index (χ0) is 11.8. The van der Waals surface area contributed by atoms with Crippen LogP contribution >= 0.6 is 11.6 Å². The van der Waals surface area contributed by atoms with E-state index in [1.807, 2.05) is 6.92 Å². The van der Waals surface area contributed by atoms with Gasteiger partial charge in [0.05, 0.1) is 5.02 Å². The van der Waals surface area contributed by atoms with E-state index >= 15 is 0 Å². The van der Waals surface area contributed by atoms with Crippen LogP contribution in [0.2, 0.25) is 5.02 Å².